The van der Waals surface area contributed by atoms with E-state index in [-0.39, 0.29) is 23.9 Å². The van der Waals surface area contributed by atoms with Gasteiger partial charge < -0.3 is 9.84 Å². The maximum Gasteiger partial charge on any atom is 0.335 e. The topological polar surface area (TPSA) is 63.6 Å². The molecule has 2 aromatic carbocycles. The van der Waals surface area contributed by atoms with Gasteiger partial charge >= 0.3 is 5.97 Å². The molecule has 2 aliphatic rings. The molecule has 0 saturated carbocycles. The van der Waals surface area contributed by atoms with Crippen molar-refractivity contribution in [3.05, 3.63) is 82.9 Å². The monoisotopic (exact) mass is 404 g/mol. The standard InChI is InChI=1S/C26H28O4/c1-17-2-4-19(5-3-17)16-21(27)11-13-23-22(24-14-15-25(23)30-24)12-8-18-6-9-20(10-7-18)26(28)29/h2-7,9-11,13,22-25H,8,12,14-16H2,1H3,(H,28,29)/t22-,23+,24-,25+/m1/s1. The van der Waals surface area contributed by atoms with Gasteiger partial charge in [-0.1, -0.05) is 48.0 Å². The van der Waals surface area contributed by atoms with Crippen molar-refractivity contribution in [3.63, 3.8) is 0 Å². The van der Waals surface area contributed by atoms with Crippen molar-refractivity contribution in [3.8, 4) is 0 Å². The second-order valence-electron chi connectivity index (χ2n) is 8.56. The molecule has 1 N–H and O–H groups in total. The van der Waals surface area contributed by atoms with Crippen LogP contribution in [0, 0.1) is 18.8 Å². The van der Waals surface area contributed by atoms with Gasteiger partial charge in [0.15, 0.2) is 5.78 Å². The number of carboxylic acids is 1. The third kappa shape index (κ3) is 4.71. The molecule has 2 aromatic rings. The van der Waals surface area contributed by atoms with Gasteiger partial charge in [-0.3, -0.25) is 4.79 Å². The zero-order chi connectivity index (χ0) is 21.1. The van der Waals surface area contributed by atoms with Gasteiger partial charge in [0.25, 0.3) is 0 Å². The number of hydrogen-bond acceptors (Lipinski definition) is 3. The normalized spacial score (nSPS) is 25.1. The average molecular weight is 405 g/mol. The number of allylic oxidation sites excluding steroid dienone is 1. The summed E-state index contributed by atoms with van der Waals surface area (Å²) in [7, 11) is 0. The highest BCUT2D eigenvalue weighted by atomic mass is 16.5. The second-order valence-corrected chi connectivity index (χ2v) is 8.56. The van der Waals surface area contributed by atoms with E-state index in [1.54, 1.807) is 18.2 Å². The Kier molecular flexibility index (Phi) is 6.14. The van der Waals surface area contributed by atoms with Gasteiger partial charge in [0.2, 0.25) is 0 Å². The molecule has 0 spiro atoms. The first-order valence-electron chi connectivity index (χ1n) is 10.7. The first kappa shape index (κ1) is 20.5. The molecular formula is C26H28O4. The Labute approximate surface area is 177 Å². The molecule has 2 saturated heterocycles. The minimum Gasteiger partial charge on any atom is -0.478 e. The molecule has 0 aliphatic carbocycles. The van der Waals surface area contributed by atoms with E-state index in [1.807, 2.05) is 43.3 Å². The van der Waals surface area contributed by atoms with Crippen molar-refractivity contribution < 1.29 is 19.4 Å². The lowest BCUT2D eigenvalue weighted by molar-refractivity contribution is -0.114. The molecule has 30 heavy (non-hydrogen) atoms. The SMILES string of the molecule is Cc1ccc(CC(=O)C=C[C@H]2[C@@H](CCc3ccc(C(=O)O)cc3)[C@H]3CC[C@@H]2O3)cc1. The number of fused-ring (bicyclic) bond motifs is 2. The van der Waals surface area contributed by atoms with Gasteiger partial charge in [-0.25, -0.2) is 4.79 Å². The van der Waals surface area contributed by atoms with Crippen LogP contribution in [0.4, 0.5) is 0 Å². The predicted octanol–water partition coefficient (Wildman–Crippen LogP) is 4.79. The molecule has 0 aromatic heterocycles. The quantitative estimate of drug-likeness (QED) is 0.643. The molecule has 4 heteroatoms. The third-order valence-electron chi connectivity index (χ3n) is 6.46. The molecule has 4 nitrogen and oxygen atoms in total. The lowest BCUT2D eigenvalue weighted by Crippen LogP contribution is -2.26. The minimum absolute atomic E-state index is 0.129. The first-order chi connectivity index (χ1) is 14.5. The Balaban J connectivity index is 1.36. The number of benzene rings is 2. The van der Waals surface area contributed by atoms with E-state index >= 15 is 0 Å². The molecule has 4 rings (SSSR count). The van der Waals surface area contributed by atoms with Gasteiger partial charge in [-0.2, -0.15) is 0 Å². The molecule has 0 amide bonds. The van der Waals surface area contributed by atoms with Crippen LogP contribution in [0.5, 0.6) is 0 Å². The molecule has 2 aliphatic heterocycles. The molecular weight excluding hydrogens is 376 g/mol. The number of hydrogen-bond donors (Lipinski definition) is 1. The van der Waals surface area contributed by atoms with Crippen molar-refractivity contribution in [2.24, 2.45) is 11.8 Å². The largest absolute Gasteiger partial charge is 0.478 e. The fourth-order valence-corrected chi connectivity index (χ4v) is 4.79. The summed E-state index contributed by atoms with van der Waals surface area (Å²) < 4.78 is 6.16. The van der Waals surface area contributed by atoms with Crippen LogP contribution in [0.3, 0.4) is 0 Å². The zero-order valence-electron chi connectivity index (χ0n) is 17.3. The Morgan fingerprint density at radius 1 is 1.00 bits per heavy atom. The summed E-state index contributed by atoms with van der Waals surface area (Å²) in [4.78, 5) is 23.5. The lowest BCUT2D eigenvalue weighted by Gasteiger charge is -2.25. The summed E-state index contributed by atoms with van der Waals surface area (Å²) in [5, 5.41) is 9.04. The number of carbonyl (C=O) groups excluding carboxylic acids is 1. The maximum atomic E-state index is 12.5. The number of aromatic carboxylic acids is 1. The van der Waals surface area contributed by atoms with Gasteiger partial charge in [-0.15, -0.1) is 0 Å². The molecule has 0 unspecified atom stereocenters. The predicted molar refractivity (Wildman–Crippen MR) is 116 cm³/mol. The Bertz CT molecular complexity index is 927. The summed E-state index contributed by atoms with van der Waals surface area (Å²) >= 11 is 0. The Morgan fingerprint density at radius 3 is 2.37 bits per heavy atom. The molecule has 0 radical (unpaired) electrons. The molecule has 2 fully saturated rings. The summed E-state index contributed by atoms with van der Waals surface area (Å²) in [6.45, 7) is 2.04. The van der Waals surface area contributed by atoms with Crippen LogP contribution in [-0.4, -0.2) is 29.1 Å². The first-order valence-corrected chi connectivity index (χ1v) is 10.7. The average Bonchev–Trinajstić information content (AvgIpc) is 3.34. The number of carbonyl (C=O) groups is 2. The van der Waals surface area contributed by atoms with Gasteiger partial charge in [0.1, 0.15) is 0 Å². The summed E-state index contributed by atoms with van der Waals surface area (Å²) in [6, 6.07) is 15.2. The van der Waals surface area contributed by atoms with Crippen LogP contribution >= 0.6 is 0 Å². The smallest absolute Gasteiger partial charge is 0.335 e. The number of ether oxygens (including phenoxy) is 1. The van der Waals surface area contributed by atoms with Crippen molar-refractivity contribution in [2.45, 2.75) is 51.2 Å². The Hall–Kier alpha value is -2.72. The fourth-order valence-electron chi connectivity index (χ4n) is 4.79. The van der Waals surface area contributed by atoms with Crippen LogP contribution < -0.4 is 0 Å². The van der Waals surface area contributed by atoms with Crippen LogP contribution in [0.15, 0.2) is 60.7 Å². The molecule has 2 heterocycles. The summed E-state index contributed by atoms with van der Waals surface area (Å²) in [6.07, 6.45) is 8.78. The molecule has 156 valence electrons. The Morgan fingerprint density at radius 2 is 1.67 bits per heavy atom. The van der Waals surface area contributed by atoms with Crippen molar-refractivity contribution in [2.75, 3.05) is 0 Å². The highest BCUT2D eigenvalue weighted by Gasteiger charge is 2.47. The maximum absolute atomic E-state index is 12.5. The van der Waals surface area contributed by atoms with E-state index in [1.165, 1.54) is 5.56 Å². The fraction of sp³-hybridized carbons (Fsp3) is 0.385. The number of rotatable bonds is 8. The number of carboxylic acid groups (broad SMARTS) is 1. The van der Waals surface area contributed by atoms with E-state index in [2.05, 4.69) is 6.08 Å². The highest BCUT2D eigenvalue weighted by molar-refractivity contribution is 5.91. The van der Waals surface area contributed by atoms with E-state index in [0.717, 1.165) is 36.8 Å². The van der Waals surface area contributed by atoms with Crippen molar-refractivity contribution in [1.82, 2.24) is 0 Å². The van der Waals surface area contributed by atoms with Gasteiger partial charge in [0, 0.05) is 12.3 Å². The van der Waals surface area contributed by atoms with E-state index in [9.17, 15) is 9.59 Å². The lowest BCUT2D eigenvalue weighted by atomic mass is 9.76. The van der Waals surface area contributed by atoms with Gasteiger partial charge in [-0.05, 0) is 67.9 Å². The highest BCUT2D eigenvalue weighted by Crippen LogP contribution is 2.46. The van der Waals surface area contributed by atoms with Crippen LogP contribution in [0.1, 0.15) is 46.3 Å². The van der Waals surface area contributed by atoms with Gasteiger partial charge in [0.05, 0.1) is 17.8 Å². The van der Waals surface area contributed by atoms with Crippen molar-refractivity contribution >= 4 is 11.8 Å². The number of ketones is 1. The third-order valence-corrected chi connectivity index (χ3v) is 6.46. The van der Waals surface area contributed by atoms with Crippen molar-refractivity contribution in [1.29, 1.82) is 0 Å². The van der Waals surface area contributed by atoms with Crippen LogP contribution in [-0.2, 0) is 22.4 Å². The second kappa shape index (κ2) is 8.97. The van der Waals surface area contributed by atoms with Crippen LogP contribution in [0.2, 0.25) is 0 Å². The van der Waals surface area contributed by atoms with E-state index < -0.39 is 5.97 Å². The molecule has 2 bridgehead atoms. The summed E-state index contributed by atoms with van der Waals surface area (Å²) in [5.74, 6) is -0.0801. The summed E-state index contributed by atoms with van der Waals surface area (Å²) in [5.41, 5.74) is 3.69. The van der Waals surface area contributed by atoms with E-state index in [4.69, 9.17) is 9.84 Å². The zero-order valence-corrected chi connectivity index (χ0v) is 17.3. The number of aryl methyl sites for hydroxylation is 2. The van der Waals surface area contributed by atoms with E-state index in [0.29, 0.717) is 17.9 Å². The minimum atomic E-state index is -0.899. The molecule has 4 atom stereocenters. The van der Waals surface area contributed by atoms with Crippen LogP contribution in [0.25, 0.3) is 0 Å².